The van der Waals surface area contributed by atoms with Crippen molar-refractivity contribution in [3.63, 3.8) is 0 Å². The largest absolute Gasteiger partial charge is 0.485 e. The summed E-state index contributed by atoms with van der Waals surface area (Å²) in [6, 6.07) is 7.43. The van der Waals surface area contributed by atoms with Crippen molar-refractivity contribution in [3.8, 4) is 17.0 Å². The number of hydrogen-bond donors (Lipinski definition) is 1. The first-order valence-electron chi connectivity index (χ1n) is 8.64. The lowest BCUT2D eigenvalue weighted by molar-refractivity contribution is 0.278. The zero-order valence-corrected chi connectivity index (χ0v) is 14.2. The number of nitrogens with two attached hydrogens (primary N) is 1. The van der Waals surface area contributed by atoms with E-state index in [1.807, 2.05) is 18.2 Å². The Morgan fingerprint density at radius 2 is 2.00 bits per heavy atom. The highest BCUT2D eigenvalue weighted by molar-refractivity contribution is 5.64. The zero-order valence-electron chi connectivity index (χ0n) is 14.2. The van der Waals surface area contributed by atoms with Crippen LogP contribution in [0.1, 0.15) is 36.3 Å². The summed E-state index contributed by atoms with van der Waals surface area (Å²) in [7, 11) is 0. The molecule has 0 spiro atoms. The second-order valence-electron chi connectivity index (χ2n) is 6.45. The van der Waals surface area contributed by atoms with E-state index in [-0.39, 0.29) is 6.61 Å². The summed E-state index contributed by atoms with van der Waals surface area (Å²) in [5.74, 6) is 0.542. The highest BCUT2D eigenvalue weighted by Gasteiger charge is 2.27. The Kier molecular flexibility index (Phi) is 4.48. The molecule has 0 aliphatic heterocycles. The van der Waals surface area contributed by atoms with Gasteiger partial charge < -0.3 is 10.5 Å². The highest BCUT2D eigenvalue weighted by Crippen LogP contribution is 2.43. The summed E-state index contributed by atoms with van der Waals surface area (Å²) in [4.78, 5) is 12.3. The molecule has 0 radical (unpaired) electrons. The minimum atomic E-state index is -0.405. The van der Waals surface area contributed by atoms with E-state index in [2.05, 4.69) is 15.0 Å². The normalized spacial score (nSPS) is 14.0. The molecule has 5 nitrogen and oxygen atoms in total. The Morgan fingerprint density at radius 1 is 1.12 bits per heavy atom. The smallest absolute Gasteiger partial charge is 0.174 e. The molecular formula is C20H19FN4O. The Balaban J connectivity index is 1.70. The maximum atomic E-state index is 15.3. The van der Waals surface area contributed by atoms with Gasteiger partial charge >= 0.3 is 0 Å². The quantitative estimate of drug-likeness (QED) is 0.750. The van der Waals surface area contributed by atoms with Crippen molar-refractivity contribution in [2.75, 3.05) is 5.73 Å². The molecule has 2 heterocycles. The van der Waals surface area contributed by atoms with E-state index >= 15 is 4.39 Å². The summed E-state index contributed by atoms with van der Waals surface area (Å²) in [6.45, 7) is 0.265. The first kappa shape index (κ1) is 16.4. The first-order chi connectivity index (χ1) is 12.7. The number of aromatic nitrogens is 3. The minimum Gasteiger partial charge on any atom is -0.485 e. The van der Waals surface area contributed by atoms with Gasteiger partial charge in [-0.25, -0.2) is 9.37 Å². The van der Waals surface area contributed by atoms with Gasteiger partial charge in [-0.1, -0.05) is 18.6 Å². The molecule has 132 valence electrons. The van der Waals surface area contributed by atoms with Crippen LogP contribution in [-0.4, -0.2) is 15.0 Å². The fourth-order valence-electron chi connectivity index (χ4n) is 3.07. The molecule has 3 aromatic rings. The Bertz CT molecular complexity index is 896. The van der Waals surface area contributed by atoms with Crippen LogP contribution in [0.3, 0.4) is 0 Å². The monoisotopic (exact) mass is 350 g/mol. The molecule has 0 saturated heterocycles. The Labute approximate surface area is 151 Å². The van der Waals surface area contributed by atoms with Gasteiger partial charge in [0.15, 0.2) is 11.6 Å². The van der Waals surface area contributed by atoms with Gasteiger partial charge in [0.2, 0.25) is 0 Å². The van der Waals surface area contributed by atoms with Crippen molar-refractivity contribution in [1.29, 1.82) is 0 Å². The predicted octanol–water partition coefficient (Wildman–Crippen LogP) is 4.11. The van der Waals surface area contributed by atoms with Crippen molar-refractivity contribution in [3.05, 3.63) is 66.0 Å². The summed E-state index contributed by atoms with van der Waals surface area (Å²) in [6.07, 6.45) is 9.60. The number of halogens is 1. The average molecular weight is 350 g/mol. The molecule has 2 aromatic heterocycles. The van der Waals surface area contributed by atoms with Crippen LogP contribution in [0.4, 0.5) is 10.2 Å². The van der Waals surface area contributed by atoms with Gasteiger partial charge in [0.25, 0.3) is 0 Å². The molecule has 1 aliphatic rings. The molecule has 1 aliphatic carbocycles. The van der Waals surface area contributed by atoms with E-state index in [1.165, 1.54) is 18.8 Å². The standard InChI is InChI=1S/C20H19FN4O/c21-19-16(17-10-25-18(22)11-24-17)7-6-15(14-4-1-5-14)20(19)26-12-13-3-2-8-23-9-13/h2-3,6-11,14H,1,4-5,12H2,(H2,22,25). The van der Waals surface area contributed by atoms with Crippen LogP contribution in [0.15, 0.2) is 49.1 Å². The van der Waals surface area contributed by atoms with Gasteiger partial charge in [0.05, 0.1) is 18.1 Å². The van der Waals surface area contributed by atoms with Gasteiger partial charge in [0.1, 0.15) is 12.4 Å². The van der Waals surface area contributed by atoms with Gasteiger partial charge in [-0.15, -0.1) is 0 Å². The van der Waals surface area contributed by atoms with E-state index in [1.54, 1.807) is 18.5 Å². The lowest BCUT2D eigenvalue weighted by atomic mass is 9.79. The number of rotatable bonds is 5. The third-order valence-corrected chi connectivity index (χ3v) is 4.73. The van der Waals surface area contributed by atoms with Crippen molar-refractivity contribution in [2.45, 2.75) is 31.8 Å². The van der Waals surface area contributed by atoms with Crippen LogP contribution in [0.5, 0.6) is 5.75 Å². The van der Waals surface area contributed by atoms with Gasteiger partial charge in [0, 0.05) is 29.1 Å². The SMILES string of the molecule is Nc1cnc(-c2ccc(C3CCC3)c(OCc3cccnc3)c2F)cn1. The molecule has 1 aromatic carbocycles. The number of nitrogens with zero attached hydrogens (tertiary/aromatic N) is 3. The summed E-state index contributed by atoms with van der Waals surface area (Å²) in [5, 5.41) is 0. The Morgan fingerprint density at radius 3 is 2.65 bits per heavy atom. The van der Waals surface area contributed by atoms with Crippen LogP contribution in [0.2, 0.25) is 0 Å². The zero-order chi connectivity index (χ0) is 17.9. The fraction of sp³-hybridized carbons (Fsp3) is 0.250. The maximum absolute atomic E-state index is 15.3. The maximum Gasteiger partial charge on any atom is 0.174 e. The number of hydrogen-bond acceptors (Lipinski definition) is 5. The van der Waals surface area contributed by atoms with Gasteiger partial charge in [-0.2, -0.15) is 0 Å². The number of anilines is 1. The predicted molar refractivity (Wildman–Crippen MR) is 97.0 cm³/mol. The molecule has 1 saturated carbocycles. The number of nitrogen functional groups attached to an aromatic ring is 1. The molecule has 0 bridgehead atoms. The van der Waals surface area contributed by atoms with Crippen molar-refractivity contribution < 1.29 is 9.13 Å². The third kappa shape index (κ3) is 3.22. The summed E-state index contributed by atoms with van der Waals surface area (Å²) < 4.78 is 21.2. The van der Waals surface area contributed by atoms with E-state index in [0.717, 1.165) is 24.0 Å². The lowest BCUT2D eigenvalue weighted by Crippen LogP contribution is -2.12. The molecule has 0 amide bonds. The van der Waals surface area contributed by atoms with E-state index < -0.39 is 5.82 Å². The van der Waals surface area contributed by atoms with E-state index in [0.29, 0.717) is 28.7 Å². The van der Waals surface area contributed by atoms with E-state index in [9.17, 15) is 0 Å². The second kappa shape index (κ2) is 7.07. The average Bonchev–Trinajstić information content (AvgIpc) is 2.62. The topological polar surface area (TPSA) is 73.9 Å². The Hall–Kier alpha value is -3.02. The lowest BCUT2D eigenvalue weighted by Gasteiger charge is -2.28. The van der Waals surface area contributed by atoms with Crippen LogP contribution in [0.25, 0.3) is 11.3 Å². The minimum absolute atomic E-state index is 0.265. The van der Waals surface area contributed by atoms with Crippen molar-refractivity contribution in [2.24, 2.45) is 0 Å². The fourth-order valence-corrected chi connectivity index (χ4v) is 3.07. The second-order valence-corrected chi connectivity index (χ2v) is 6.45. The first-order valence-corrected chi connectivity index (χ1v) is 8.64. The molecule has 1 fully saturated rings. The van der Waals surface area contributed by atoms with Crippen LogP contribution < -0.4 is 10.5 Å². The van der Waals surface area contributed by atoms with Gasteiger partial charge in [-0.05, 0) is 30.9 Å². The molecule has 6 heteroatoms. The number of pyridine rings is 1. The van der Waals surface area contributed by atoms with E-state index in [4.69, 9.17) is 10.5 Å². The third-order valence-electron chi connectivity index (χ3n) is 4.73. The molecule has 0 unspecified atom stereocenters. The van der Waals surface area contributed by atoms with Crippen LogP contribution in [-0.2, 0) is 6.61 Å². The van der Waals surface area contributed by atoms with Crippen LogP contribution in [0, 0.1) is 5.82 Å². The molecule has 26 heavy (non-hydrogen) atoms. The summed E-state index contributed by atoms with van der Waals surface area (Å²) >= 11 is 0. The molecule has 4 rings (SSSR count). The van der Waals surface area contributed by atoms with Crippen LogP contribution >= 0.6 is 0 Å². The summed E-state index contributed by atoms with van der Waals surface area (Å²) in [5.41, 5.74) is 8.19. The number of ether oxygens (including phenoxy) is 1. The van der Waals surface area contributed by atoms with Crippen molar-refractivity contribution in [1.82, 2.24) is 15.0 Å². The van der Waals surface area contributed by atoms with Crippen molar-refractivity contribution >= 4 is 5.82 Å². The molecule has 2 N–H and O–H groups in total. The highest BCUT2D eigenvalue weighted by atomic mass is 19.1. The van der Waals surface area contributed by atoms with Gasteiger partial charge in [-0.3, -0.25) is 9.97 Å². The molecular weight excluding hydrogens is 331 g/mol. The number of benzene rings is 1. The molecule has 0 atom stereocenters.